The first-order chi connectivity index (χ1) is 11.9. The molecular formula is C18H16BrN3O3. The Labute approximate surface area is 153 Å². The lowest BCUT2D eigenvalue weighted by molar-refractivity contribution is -0.547. The maximum Gasteiger partial charge on any atom is 0.313 e. The summed E-state index contributed by atoms with van der Waals surface area (Å²) in [6.07, 6.45) is 0. The predicted octanol–water partition coefficient (Wildman–Crippen LogP) is 2.93. The summed E-state index contributed by atoms with van der Waals surface area (Å²) in [5.74, 6) is -0.853. The number of nitro groups is 1. The highest BCUT2D eigenvalue weighted by Crippen LogP contribution is 2.60. The molecule has 2 heterocycles. The molecule has 2 aliphatic heterocycles. The molecule has 4 rings (SSSR count). The van der Waals surface area contributed by atoms with E-state index in [1.165, 1.54) is 0 Å². The van der Waals surface area contributed by atoms with Crippen LogP contribution in [0.1, 0.15) is 17.0 Å². The van der Waals surface area contributed by atoms with Gasteiger partial charge in [-0.15, -0.1) is 0 Å². The zero-order valence-electron chi connectivity index (χ0n) is 13.5. The number of anilines is 1. The first-order valence-corrected chi connectivity index (χ1v) is 8.74. The Morgan fingerprint density at radius 1 is 1.20 bits per heavy atom. The number of para-hydroxylation sites is 1. The molecule has 128 valence electrons. The van der Waals surface area contributed by atoms with Crippen LogP contribution in [0.5, 0.6) is 0 Å². The summed E-state index contributed by atoms with van der Waals surface area (Å²) in [5, 5.41) is 15.1. The number of amides is 1. The molecule has 0 saturated carbocycles. The summed E-state index contributed by atoms with van der Waals surface area (Å²) in [4.78, 5) is 26.8. The van der Waals surface area contributed by atoms with Crippen LogP contribution in [0, 0.1) is 10.1 Å². The van der Waals surface area contributed by atoms with Crippen molar-refractivity contribution in [2.75, 3.05) is 18.9 Å². The number of carbonyl (C=O) groups is 1. The lowest BCUT2D eigenvalue weighted by Crippen LogP contribution is -2.60. The molecule has 7 heteroatoms. The number of alkyl halides is 1. The van der Waals surface area contributed by atoms with Crippen molar-refractivity contribution in [2.45, 2.75) is 15.9 Å². The van der Waals surface area contributed by atoms with Gasteiger partial charge in [0, 0.05) is 38.6 Å². The molecule has 1 saturated heterocycles. The van der Waals surface area contributed by atoms with E-state index in [0.29, 0.717) is 17.8 Å². The van der Waals surface area contributed by atoms with Crippen molar-refractivity contribution >= 4 is 27.5 Å². The molecule has 0 radical (unpaired) electrons. The standard InChI is InChI=1S/C18H16BrN3O3/c1-21-11-14(12-7-3-2-4-8-12)18(19,22(24)25)17(21)13-9-5-6-10-15(13)20-16(17)23/h2-10,14H,11H2,1H3,(H,20,23)/t14-,17+,18-/m0/s1. The van der Waals surface area contributed by atoms with E-state index in [0.717, 1.165) is 5.56 Å². The van der Waals surface area contributed by atoms with Crippen LogP contribution in [-0.4, -0.2) is 33.8 Å². The van der Waals surface area contributed by atoms with E-state index in [1.54, 1.807) is 30.1 Å². The molecule has 6 nitrogen and oxygen atoms in total. The van der Waals surface area contributed by atoms with Gasteiger partial charge in [0.25, 0.3) is 5.91 Å². The number of rotatable bonds is 2. The van der Waals surface area contributed by atoms with Crippen LogP contribution in [0.3, 0.4) is 0 Å². The summed E-state index contributed by atoms with van der Waals surface area (Å²) >= 11 is 3.45. The molecule has 1 N–H and O–H groups in total. The van der Waals surface area contributed by atoms with E-state index >= 15 is 0 Å². The number of halogens is 1. The lowest BCUT2D eigenvalue weighted by atomic mass is 9.79. The van der Waals surface area contributed by atoms with Crippen LogP contribution in [-0.2, 0) is 10.3 Å². The Bertz CT molecular complexity index is 875. The number of hydrogen-bond acceptors (Lipinski definition) is 4. The fraction of sp³-hybridized carbons (Fsp3) is 0.278. The van der Waals surface area contributed by atoms with Gasteiger partial charge in [0.1, 0.15) is 0 Å². The highest BCUT2D eigenvalue weighted by Gasteiger charge is 2.77. The van der Waals surface area contributed by atoms with Crippen LogP contribution < -0.4 is 5.32 Å². The molecule has 2 aliphatic rings. The Hall–Kier alpha value is -2.25. The molecule has 1 spiro atoms. The zero-order valence-corrected chi connectivity index (χ0v) is 15.1. The number of likely N-dealkylation sites (N-methyl/N-ethyl adjacent to an activating group) is 1. The fourth-order valence-electron chi connectivity index (χ4n) is 4.29. The van der Waals surface area contributed by atoms with Crippen LogP contribution in [0.15, 0.2) is 54.6 Å². The third-order valence-corrected chi connectivity index (χ3v) is 6.78. The van der Waals surface area contributed by atoms with Gasteiger partial charge in [0.2, 0.25) is 5.54 Å². The zero-order chi connectivity index (χ0) is 17.8. The highest BCUT2D eigenvalue weighted by atomic mass is 79.9. The molecule has 0 aromatic heterocycles. The summed E-state index contributed by atoms with van der Waals surface area (Å²) < 4.78 is -1.67. The monoisotopic (exact) mass is 401 g/mol. The van der Waals surface area contributed by atoms with Gasteiger partial charge < -0.3 is 5.32 Å². The molecule has 0 bridgehead atoms. The molecule has 1 amide bonds. The second kappa shape index (κ2) is 5.37. The van der Waals surface area contributed by atoms with Crippen molar-refractivity contribution in [1.82, 2.24) is 4.90 Å². The molecule has 3 atom stereocenters. The van der Waals surface area contributed by atoms with E-state index in [9.17, 15) is 14.9 Å². The molecule has 1 fully saturated rings. The number of fused-ring (bicyclic) bond motifs is 2. The Kier molecular flexibility index (Phi) is 3.49. The van der Waals surface area contributed by atoms with Gasteiger partial charge in [-0.2, -0.15) is 0 Å². The third-order valence-electron chi connectivity index (χ3n) is 5.36. The van der Waals surface area contributed by atoms with Gasteiger partial charge in [0.05, 0.1) is 5.92 Å². The Morgan fingerprint density at radius 3 is 2.52 bits per heavy atom. The molecule has 2 aromatic rings. The van der Waals surface area contributed by atoms with E-state index in [4.69, 9.17) is 0 Å². The summed E-state index contributed by atoms with van der Waals surface area (Å²) in [7, 11) is 1.77. The van der Waals surface area contributed by atoms with Crippen molar-refractivity contribution in [1.29, 1.82) is 0 Å². The second-order valence-electron chi connectivity index (χ2n) is 6.48. The van der Waals surface area contributed by atoms with Gasteiger partial charge >= 0.3 is 4.45 Å². The Morgan fingerprint density at radius 2 is 1.84 bits per heavy atom. The number of likely N-dealkylation sites (tertiary alicyclic amines) is 1. The first kappa shape index (κ1) is 16.2. The second-order valence-corrected chi connectivity index (χ2v) is 7.69. The van der Waals surface area contributed by atoms with Crippen LogP contribution >= 0.6 is 15.9 Å². The SMILES string of the molecule is CN1C[C@@H](c2ccccc2)[C@](Br)([N+](=O)[O-])[C@@]12C(=O)Nc1ccccc12. The smallest absolute Gasteiger partial charge is 0.313 e. The van der Waals surface area contributed by atoms with Gasteiger partial charge in [-0.05, 0) is 18.7 Å². The maximum absolute atomic E-state index is 13.1. The first-order valence-electron chi connectivity index (χ1n) is 7.94. The van der Waals surface area contributed by atoms with E-state index in [1.807, 2.05) is 36.4 Å². The molecule has 0 aliphatic carbocycles. The molecular weight excluding hydrogens is 386 g/mol. The van der Waals surface area contributed by atoms with Crippen molar-refractivity contribution in [3.63, 3.8) is 0 Å². The fourth-order valence-corrected chi connectivity index (χ4v) is 5.40. The topological polar surface area (TPSA) is 75.5 Å². The van der Waals surface area contributed by atoms with E-state index < -0.39 is 15.9 Å². The summed E-state index contributed by atoms with van der Waals surface area (Å²) in [6, 6.07) is 16.5. The van der Waals surface area contributed by atoms with Gasteiger partial charge in [-0.1, -0.05) is 48.5 Å². The van der Waals surface area contributed by atoms with Crippen molar-refractivity contribution in [2.24, 2.45) is 0 Å². The molecule has 0 unspecified atom stereocenters. The largest absolute Gasteiger partial charge is 0.324 e. The maximum atomic E-state index is 13.1. The highest BCUT2D eigenvalue weighted by molar-refractivity contribution is 9.10. The Balaban J connectivity index is 2.00. The van der Waals surface area contributed by atoms with Crippen molar-refractivity contribution in [3.8, 4) is 0 Å². The average molecular weight is 402 g/mol. The van der Waals surface area contributed by atoms with Crippen molar-refractivity contribution < 1.29 is 9.72 Å². The number of hydrogen-bond donors (Lipinski definition) is 1. The van der Waals surface area contributed by atoms with Crippen LogP contribution in [0.25, 0.3) is 0 Å². The number of benzene rings is 2. The van der Waals surface area contributed by atoms with E-state index in [2.05, 4.69) is 21.2 Å². The third kappa shape index (κ3) is 1.85. The van der Waals surface area contributed by atoms with Gasteiger partial charge in [-0.3, -0.25) is 19.8 Å². The normalized spacial score (nSPS) is 31.1. The van der Waals surface area contributed by atoms with Crippen LogP contribution in [0.4, 0.5) is 5.69 Å². The van der Waals surface area contributed by atoms with E-state index in [-0.39, 0.29) is 10.8 Å². The minimum atomic E-state index is -1.67. The number of nitrogens with zero attached hydrogens (tertiary/aromatic N) is 2. The lowest BCUT2D eigenvalue weighted by Gasteiger charge is -2.36. The van der Waals surface area contributed by atoms with Crippen molar-refractivity contribution in [3.05, 3.63) is 75.8 Å². The minimum absolute atomic E-state index is 0.351. The number of nitrogens with one attached hydrogen (secondary N) is 1. The van der Waals surface area contributed by atoms with Gasteiger partial charge in [0.15, 0.2) is 0 Å². The average Bonchev–Trinajstić information content (AvgIpc) is 3.05. The summed E-state index contributed by atoms with van der Waals surface area (Å²) in [5.41, 5.74) is 0.679. The van der Waals surface area contributed by atoms with Gasteiger partial charge in [-0.25, -0.2) is 0 Å². The van der Waals surface area contributed by atoms with Crippen LogP contribution in [0.2, 0.25) is 0 Å². The molecule has 25 heavy (non-hydrogen) atoms. The predicted molar refractivity (Wildman–Crippen MR) is 97.2 cm³/mol. The number of carbonyl (C=O) groups excluding carboxylic acids is 1. The molecule has 2 aromatic carbocycles. The quantitative estimate of drug-likeness (QED) is 0.363. The summed E-state index contributed by atoms with van der Waals surface area (Å²) in [6.45, 7) is 0.387. The minimum Gasteiger partial charge on any atom is -0.324 e.